The van der Waals surface area contributed by atoms with Crippen molar-refractivity contribution in [3.8, 4) is 10.7 Å². The van der Waals surface area contributed by atoms with Crippen molar-refractivity contribution in [2.75, 3.05) is 19.6 Å². The van der Waals surface area contributed by atoms with Gasteiger partial charge in [0, 0.05) is 54.5 Å². The molecule has 4 rings (SSSR count). The predicted octanol–water partition coefficient (Wildman–Crippen LogP) is 4.01. The molecule has 1 unspecified atom stereocenters. The van der Waals surface area contributed by atoms with E-state index in [1.807, 2.05) is 36.5 Å². The maximum absolute atomic E-state index is 6.44. The fourth-order valence-electron chi connectivity index (χ4n) is 3.18. The first-order chi connectivity index (χ1) is 12.3. The van der Waals surface area contributed by atoms with Crippen molar-refractivity contribution in [1.82, 2.24) is 20.2 Å². The molecule has 6 heteroatoms. The second kappa shape index (κ2) is 7.62. The molecule has 1 fully saturated rings. The van der Waals surface area contributed by atoms with Gasteiger partial charge < -0.3 is 5.32 Å². The number of halogens is 1. The smallest absolute Gasteiger partial charge is 0.142 e. The number of hydrogen-bond acceptors (Lipinski definition) is 5. The van der Waals surface area contributed by atoms with E-state index in [1.165, 1.54) is 10.4 Å². The average molecular weight is 371 g/mol. The van der Waals surface area contributed by atoms with Crippen LogP contribution in [0.15, 0.2) is 54.9 Å². The summed E-state index contributed by atoms with van der Waals surface area (Å²) in [5.74, 6) is 0. The zero-order valence-electron chi connectivity index (χ0n) is 13.7. The Morgan fingerprint density at radius 1 is 1.16 bits per heavy atom. The minimum atomic E-state index is 0.280. The predicted molar refractivity (Wildman–Crippen MR) is 103 cm³/mol. The number of hydrogen-bond donors (Lipinski definition) is 1. The van der Waals surface area contributed by atoms with Gasteiger partial charge in [0.1, 0.15) is 5.01 Å². The second-order valence-electron chi connectivity index (χ2n) is 6.06. The Balaban J connectivity index is 1.55. The van der Waals surface area contributed by atoms with Gasteiger partial charge in [-0.2, -0.15) is 0 Å². The third-order valence-corrected chi connectivity index (χ3v) is 5.76. The molecule has 0 amide bonds. The van der Waals surface area contributed by atoms with Crippen LogP contribution in [0, 0.1) is 0 Å². The normalized spacial score (nSPS) is 18.4. The molecular formula is C19H19ClN4S. The Morgan fingerprint density at radius 3 is 2.88 bits per heavy atom. The van der Waals surface area contributed by atoms with Gasteiger partial charge in [-0.05, 0) is 23.8 Å². The van der Waals surface area contributed by atoms with Crippen LogP contribution in [0.4, 0.5) is 0 Å². The number of pyridine rings is 1. The Morgan fingerprint density at radius 2 is 2.04 bits per heavy atom. The van der Waals surface area contributed by atoms with Gasteiger partial charge in [0.2, 0.25) is 0 Å². The molecular weight excluding hydrogens is 352 g/mol. The molecule has 0 aliphatic carbocycles. The molecule has 3 heterocycles. The molecule has 1 aromatic carbocycles. The fourth-order valence-corrected chi connectivity index (χ4v) is 4.35. The summed E-state index contributed by atoms with van der Waals surface area (Å²) in [6, 6.07) is 14.3. The Hall–Kier alpha value is -1.79. The number of benzene rings is 1. The van der Waals surface area contributed by atoms with Crippen LogP contribution in [0.25, 0.3) is 10.7 Å². The summed E-state index contributed by atoms with van der Waals surface area (Å²) < 4.78 is 0. The van der Waals surface area contributed by atoms with Gasteiger partial charge >= 0.3 is 0 Å². The molecule has 25 heavy (non-hydrogen) atoms. The van der Waals surface area contributed by atoms with Gasteiger partial charge in [-0.3, -0.25) is 9.88 Å². The highest BCUT2D eigenvalue weighted by molar-refractivity contribution is 7.14. The summed E-state index contributed by atoms with van der Waals surface area (Å²) in [7, 11) is 0. The molecule has 1 aliphatic rings. The fraction of sp³-hybridized carbons (Fsp3) is 0.263. The zero-order chi connectivity index (χ0) is 17.1. The van der Waals surface area contributed by atoms with Crippen LogP contribution in [-0.4, -0.2) is 34.5 Å². The number of aromatic nitrogens is 2. The maximum Gasteiger partial charge on any atom is 0.142 e. The van der Waals surface area contributed by atoms with Crippen LogP contribution in [0.1, 0.15) is 16.5 Å². The summed E-state index contributed by atoms with van der Waals surface area (Å²) in [6.45, 7) is 3.78. The second-order valence-corrected chi connectivity index (χ2v) is 7.58. The molecule has 128 valence electrons. The first-order valence-electron chi connectivity index (χ1n) is 8.36. The van der Waals surface area contributed by atoms with Crippen molar-refractivity contribution in [2.45, 2.75) is 12.6 Å². The number of piperazine rings is 1. The lowest BCUT2D eigenvalue weighted by Gasteiger charge is -2.36. The lowest BCUT2D eigenvalue weighted by Crippen LogP contribution is -2.45. The van der Waals surface area contributed by atoms with E-state index in [-0.39, 0.29) is 6.04 Å². The van der Waals surface area contributed by atoms with E-state index in [2.05, 4.69) is 32.3 Å². The molecule has 0 radical (unpaired) electrons. The summed E-state index contributed by atoms with van der Waals surface area (Å²) in [5.41, 5.74) is 2.12. The molecule has 1 saturated heterocycles. The highest BCUT2D eigenvalue weighted by Crippen LogP contribution is 2.31. The van der Waals surface area contributed by atoms with Gasteiger partial charge in [0.05, 0.1) is 5.69 Å². The Labute approximate surface area is 156 Å². The largest absolute Gasteiger partial charge is 0.314 e. The van der Waals surface area contributed by atoms with Gasteiger partial charge in [-0.15, -0.1) is 11.3 Å². The SMILES string of the molecule is Clc1ccccc1C1CNCCN1Cc1cnc(-c2ccccn2)s1. The third kappa shape index (κ3) is 3.75. The minimum Gasteiger partial charge on any atom is -0.314 e. The number of thiazole rings is 1. The van der Waals surface area contributed by atoms with Gasteiger partial charge in [0.25, 0.3) is 0 Å². The number of nitrogens with zero attached hydrogens (tertiary/aromatic N) is 3. The molecule has 2 aromatic heterocycles. The van der Waals surface area contributed by atoms with Gasteiger partial charge in [-0.1, -0.05) is 35.9 Å². The van der Waals surface area contributed by atoms with E-state index in [4.69, 9.17) is 11.6 Å². The number of nitrogens with one attached hydrogen (secondary N) is 1. The van der Waals surface area contributed by atoms with Crippen molar-refractivity contribution in [3.05, 3.63) is 70.3 Å². The Kier molecular flexibility index (Phi) is 5.08. The maximum atomic E-state index is 6.44. The first-order valence-corrected chi connectivity index (χ1v) is 9.56. The summed E-state index contributed by atoms with van der Waals surface area (Å²) in [5, 5.41) is 5.29. The van der Waals surface area contributed by atoms with Gasteiger partial charge in [-0.25, -0.2) is 4.98 Å². The summed E-state index contributed by atoms with van der Waals surface area (Å²) in [4.78, 5) is 12.7. The van der Waals surface area contributed by atoms with Crippen molar-refractivity contribution in [1.29, 1.82) is 0 Å². The standard InChI is InChI=1S/C19H19ClN4S/c20-16-6-2-1-5-15(16)18-12-21-9-10-24(18)13-14-11-23-19(25-14)17-7-3-4-8-22-17/h1-8,11,18,21H,9-10,12-13H2. The van der Waals surface area contributed by atoms with E-state index in [1.54, 1.807) is 17.5 Å². The molecule has 1 atom stereocenters. The molecule has 4 nitrogen and oxygen atoms in total. The molecule has 3 aromatic rings. The van der Waals surface area contributed by atoms with Crippen LogP contribution in [0.2, 0.25) is 5.02 Å². The number of rotatable bonds is 4. The zero-order valence-corrected chi connectivity index (χ0v) is 15.3. The van der Waals surface area contributed by atoms with E-state index in [9.17, 15) is 0 Å². The molecule has 1 N–H and O–H groups in total. The monoisotopic (exact) mass is 370 g/mol. The Bertz CT molecular complexity index is 836. The lowest BCUT2D eigenvalue weighted by atomic mass is 10.0. The van der Waals surface area contributed by atoms with E-state index >= 15 is 0 Å². The van der Waals surface area contributed by atoms with E-state index in [0.29, 0.717) is 0 Å². The van der Waals surface area contributed by atoms with Crippen molar-refractivity contribution >= 4 is 22.9 Å². The van der Waals surface area contributed by atoms with Crippen molar-refractivity contribution in [3.63, 3.8) is 0 Å². The van der Waals surface area contributed by atoms with Crippen LogP contribution < -0.4 is 5.32 Å². The van der Waals surface area contributed by atoms with Crippen LogP contribution in [-0.2, 0) is 6.54 Å². The van der Waals surface area contributed by atoms with Crippen LogP contribution >= 0.6 is 22.9 Å². The van der Waals surface area contributed by atoms with Crippen molar-refractivity contribution < 1.29 is 0 Å². The highest BCUT2D eigenvalue weighted by Gasteiger charge is 2.26. The van der Waals surface area contributed by atoms with E-state index in [0.717, 1.165) is 41.9 Å². The van der Waals surface area contributed by atoms with Crippen molar-refractivity contribution in [2.24, 2.45) is 0 Å². The highest BCUT2D eigenvalue weighted by atomic mass is 35.5. The molecule has 0 saturated carbocycles. The molecule has 1 aliphatic heterocycles. The summed E-state index contributed by atoms with van der Waals surface area (Å²) >= 11 is 8.15. The molecule has 0 bridgehead atoms. The first kappa shape index (κ1) is 16.7. The topological polar surface area (TPSA) is 41.0 Å². The minimum absolute atomic E-state index is 0.280. The molecule has 0 spiro atoms. The average Bonchev–Trinajstić information content (AvgIpc) is 3.12. The van der Waals surface area contributed by atoms with Crippen LogP contribution in [0.5, 0.6) is 0 Å². The summed E-state index contributed by atoms with van der Waals surface area (Å²) in [6.07, 6.45) is 3.78. The van der Waals surface area contributed by atoms with Crippen LogP contribution in [0.3, 0.4) is 0 Å². The van der Waals surface area contributed by atoms with E-state index < -0.39 is 0 Å². The third-order valence-electron chi connectivity index (χ3n) is 4.41. The quantitative estimate of drug-likeness (QED) is 0.753. The van der Waals surface area contributed by atoms with Gasteiger partial charge in [0.15, 0.2) is 0 Å². The lowest BCUT2D eigenvalue weighted by molar-refractivity contribution is 0.155.